The fourth-order valence-electron chi connectivity index (χ4n) is 2.88. The molecule has 1 unspecified atom stereocenters. The second-order valence-corrected chi connectivity index (χ2v) is 7.69. The molecule has 144 valence electrons. The number of amides is 1. The highest BCUT2D eigenvalue weighted by atomic mass is 35.5. The number of aryl methyl sites for hydroxylation is 1. The predicted molar refractivity (Wildman–Crippen MR) is 109 cm³/mol. The summed E-state index contributed by atoms with van der Waals surface area (Å²) in [5.74, 6) is 0.227. The van der Waals surface area contributed by atoms with Crippen molar-refractivity contribution in [3.05, 3.63) is 56.3 Å². The van der Waals surface area contributed by atoms with Crippen LogP contribution in [0.1, 0.15) is 23.2 Å². The van der Waals surface area contributed by atoms with Crippen LogP contribution in [0.25, 0.3) is 6.08 Å². The monoisotopic (exact) mass is 427 g/mol. The third kappa shape index (κ3) is 5.26. The fourth-order valence-corrected chi connectivity index (χ4v) is 3.65. The molecule has 3 rings (SSSR count). The standard InChI is InChI=1S/C19H20Cl3N3O2/c1-12-16(4-5-18(26)23-9-13-6-7-27-11-13)19(22)25(24-12)10-14-2-3-15(20)8-17(14)21/h2-5,8,13H,6-7,9-11H2,1H3,(H,23,26). The number of hydrogen-bond donors (Lipinski definition) is 1. The maximum Gasteiger partial charge on any atom is 0.244 e. The van der Waals surface area contributed by atoms with Gasteiger partial charge in [-0.05, 0) is 37.1 Å². The second-order valence-electron chi connectivity index (χ2n) is 6.49. The van der Waals surface area contributed by atoms with Crippen molar-refractivity contribution in [3.63, 3.8) is 0 Å². The van der Waals surface area contributed by atoms with Crippen molar-refractivity contribution in [2.24, 2.45) is 5.92 Å². The molecule has 1 fully saturated rings. The molecule has 0 spiro atoms. The van der Waals surface area contributed by atoms with Crippen molar-refractivity contribution in [3.8, 4) is 0 Å². The van der Waals surface area contributed by atoms with Crippen molar-refractivity contribution in [2.45, 2.75) is 19.9 Å². The number of nitrogens with one attached hydrogen (secondary N) is 1. The van der Waals surface area contributed by atoms with Gasteiger partial charge in [-0.1, -0.05) is 40.9 Å². The lowest BCUT2D eigenvalue weighted by Crippen LogP contribution is -2.27. The van der Waals surface area contributed by atoms with E-state index >= 15 is 0 Å². The summed E-state index contributed by atoms with van der Waals surface area (Å²) in [5, 5.41) is 8.92. The van der Waals surface area contributed by atoms with E-state index in [0.717, 1.165) is 24.3 Å². The van der Waals surface area contributed by atoms with Crippen molar-refractivity contribution in [1.29, 1.82) is 0 Å². The number of ether oxygens (including phenoxy) is 1. The number of carbonyl (C=O) groups is 1. The number of nitrogens with zero attached hydrogens (tertiary/aromatic N) is 2. The van der Waals surface area contributed by atoms with Crippen LogP contribution in [0.2, 0.25) is 15.2 Å². The summed E-state index contributed by atoms with van der Waals surface area (Å²) in [7, 11) is 0. The Balaban J connectivity index is 1.66. The Labute approximate surface area is 173 Å². The van der Waals surface area contributed by atoms with Gasteiger partial charge in [0.1, 0.15) is 5.15 Å². The molecule has 1 amide bonds. The number of hydrogen-bond acceptors (Lipinski definition) is 3. The summed E-state index contributed by atoms with van der Waals surface area (Å²) in [6, 6.07) is 5.30. The van der Waals surface area contributed by atoms with Crippen molar-refractivity contribution < 1.29 is 9.53 Å². The third-order valence-electron chi connectivity index (χ3n) is 4.43. The summed E-state index contributed by atoms with van der Waals surface area (Å²) in [6.07, 6.45) is 4.14. The van der Waals surface area contributed by atoms with Gasteiger partial charge in [-0.2, -0.15) is 5.10 Å². The van der Waals surface area contributed by atoms with Crippen LogP contribution in [0.15, 0.2) is 24.3 Å². The first-order valence-electron chi connectivity index (χ1n) is 8.64. The quantitative estimate of drug-likeness (QED) is 0.695. The molecule has 1 saturated heterocycles. The Hall–Kier alpha value is -1.53. The lowest BCUT2D eigenvalue weighted by molar-refractivity contribution is -0.116. The predicted octanol–water partition coefficient (Wildman–Crippen LogP) is 4.37. The van der Waals surface area contributed by atoms with Crippen LogP contribution in [-0.4, -0.2) is 35.4 Å². The van der Waals surface area contributed by atoms with E-state index in [9.17, 15) is 4.79 Å². The highest BCUT2D eigenvalue weighted by molar-refractivity contribution is 6.35. The van der Waals surface area contributed by atoms with Gasteiger partial charge in [0.15, 0.2) is 0 Å². The van der Waals surface area contributed by atoms with E-state index in [1.54, 1.807) is 22.9 Å². The molecule has 8 heteroatoms. The Bertz CT molecular complexity index is 858. The van der Waals surface area contributed by atoms with Crippen LogP contribution < -0.4 is 5.32 Å². The average molecular weight is 429 g/mol. The summed E-state index contributed by atoms with van der Waals surface area (Å²) in [6.45, 7) is 4.35. The maximum atomic E-state index is 12.0. The zero-order valence-electron chi connectivity index (χ0n) is 14.8. The van der Waals surface area contributed by atoms with E-state index in [0.29, 0.717) is 46.4 Å². The molecule has 1 aromatic carbocycles. The van der Waals surface area contributed by atoms with Gasteiger partial charge in [-0.25, -0.2) is 4.68 Å². The highest BCUT2D eigenvalue weighted by Gasteiger charge is 2.16. The second kappa shape index (κ2) is 9.11. The van der Waals surface area contributed by atoms with Crippen molar-refractivity contribution in [2.75, 3.05) is 19.8 Å². The molecule has 0 radical (unpaired) electrons. The molecular formula is C19H20Cl3N3O2. The van der Waals surface area contributed by atoms with Crippen LogP contribution >= 0.6 is 34.8 Å². The maximum absolute atomic E-state index is 12.0. The Morgan fingerprint density at radius 1 is 1.41 bits per heavy atom. The zero-order chi connectivity index (χ0) is 19.4. The van der Waals surface area contributed by atoms with Crippen LogP contribution in [0, 0.1) is 12.8 Å². The van der Waals surface area contributed by atoms with Gasteiger partial charge in [0.25, 0.3) is 0 Å². The smallest absolute Gasteiger partial charge is 0.244 e. The molecule has 27 heavy (non-hydrogen) atoms. The SMILES string of the molecule is Cc1nn(Cc2ccc(Cl)cc2Cl)c(Cl)c1C=CC(=O)NCC1CCOC1. The summed E-state index contributed by atoms with van der Waals surface area (Å²) in [5.41, 5.74) is 2.30. The van der Waals surface area contributed by atoms with Crippen molar-refractivity contribution in [1.82, 2.24) is 15.1 Å². The van der Waals surface area contributed by atoms with E-state index in [1.807, 2.05) is 13.0 Å². The minimum Gasteiger partial charge on any atom is -0.381 e. The van der Waals surface area contributed by atoms with Crippen LogP contribution in [-0.2, 0) is 16.1 Å². The first-order chi connectivity index (χ1) is 12.9. The van der Waals surface area contributed by atoms with Gasteiger partial charge in [0, 0.05) is 40.8 Å². The molecule has 1 aliphatic heterocycles. The molecule has 2 heterocycles. The normalized spacial score (nSPS) is 17.0. The summed E-state index contributed by atoms with van der Waals surface area (Å²) in [4.78, 5) is 12.0. The third-order valence-corrected chi connectivity index (χ3v) is 5.42. The molecule has 0 bridgehead atoms. The largest absolute Gasteiger partial charge is 0.381 e. The minimum absolute atomic E-state index is 0.161. The van der Waals surface area contributed by atoms with Gasteiger partial charge < -0.3 is 10.1 Å². The molecule has 1 atom stereocenters. The van der Waals surface area contributed by atoms with Gasteiger partial charge in [-0.15, -0.1) is 0 Å². The van der Waals surface area contributed by atoms with Crippen molar-refractivity contribution >= 4 is 46.8 Å². The molecule has 0 saturated carbocycles. The van der Waals surface area contributed by atoms with E-state index in [-0.39, 0.29) is 5.91 Å². The highest BCUT2D eigenvalue weighted by Crippen LogP contribution is 2.26. The van der Waals surface area contributed by atoms with E-state index in [2.05, 4.69) is 10.4 Å². The molecule has 1 aromatic heterocycles. The van der Waals surface area contributed by atoms with Gasteiger partial charge >= 0.3 is 0 Å². The number of benzene rings is 1. The molecular weight excluding hydrogens is 409 g/mol. The minimum atomic E-state index is -0.161. The van der Waals surface area contributed by atoms with Gasteiger partial charge in [0.2, 0.25) is 5.91 Å². The number of rotatable bonds is 6. The van der Waals surface area contributed by atoms with E-state index in [4.69, 9.17) is 39.5 Å². The Morgan fingerprint density at radius 3 is 2.93 bits per heavy atom. The first kappa shape index (κ1) is 20.2. The summed E-state index contributed by atoms with van der Waals surface area (Å²) < 4.78 is 6.95. The molecule has 1 N–H and O–H groups in total. The summed E-state index contributed by atoms with van der Waals surface area (Å²) >= 11 is 18.6. The number of carbonyl (C=O) groups excluding carboxylic acids is 1. The topological polar surface area (TPSA) is 56.2 Å². The molecule has 5 nitrogen and oxygen atoms in total. The number of halogens is 3. The molecule has 1 aliphatic rings. The Morgan fingerprint density at radius 2 is 2.22 bits per heavy atom. The van der Waals surface area contributed by atoms with Gasteiger partial charge in [-0.3, -0.25) is 4.79 Å². The fraction of sp³-hybridized carbons (Fsp3) is 0.368. The molecule has 2 aromatic rings. The molecule has 0 aliphatic carbocycles. The van der Waals surface area contributed by atoms with Crippen LogP contribution in [0.4, 0.5) is 0 Å². The zero-order valence-corrected chi connectivity index (χ0v) is 17.1. The van der Waals surface area contributed by atoms with Gasteiger partial charge in [0.05, 0.1) is 18.8 Å². The Kier molecular flexibility index (Phi) is 6.82. The first-order valence-corrected chi connectivity index (χ1v) is 9.78. The van der Waals surface area contributed by atoms with E-state index < -0.39 is 0 Å². The van der Waals surface area contributed by atoms with Crippen LogP contribution in [0.5, 0.6) is 0 Å². The number of aromatic nitrogens is 2. The van der Waals surface area contributed by atoms with E-state index in [1.165, 1.54) is 6.08 Å². The average Bonchev–Trinajstić information content (AvgIpc) is 3.23. The lowest BCUT2D eigenvalue weighted by atomic mass is 10.1. The lowest BCUT2D eigenvalue weighted by Gasteiger charge is -2.07. The van der Waals surface area contributed by atoms with Crippen LogP contribution in [0.3, 0.4) is 0 Å².